The third-order valence-corrected chi connectivity index (χ3v) is 3.79. The quantitative estimate of drug-likeness (QED) is 0.730. The molecular weight excluding hydrogens is 192 g/mol. The summed E-state index contributed by atoms with van der Waals surface area (Å²) in [6.45, 7) is 2.03. The summed E-state index contributed by atoms with van der Waals surface area (Å²) in [6, 6.07) is 2.17. The zero-order valence-electron chi connectivity index (χ0n) is 8.46. The van der Waals surface area contributed by atoms with Gasteiger partial charge in [-0.1, -0.05) is 0 Å². The van der Waals surface area contributed by atoms with Crippen molar-refractivity contribution in [3.05, 3.63) is 22.4 Å². The predicted octanol–water partition coefficient (Wildman–Crippen LogP) is 2.11. The lowest BCUT2D eigenvalue weighted by molar-refractivity contribution is 0.229. The molecule has 0 saturated heterocycles. The van der Waals surface area contributed by atoms with Crippen LogP contribution >= 0.6 is 11.3 Å². The Balaban J connectivity index is 1.59. The van der Waals surface area contributed by atoms with Crippen LogP contribution in [-0.4, -0.2) is 12.1 Å². The van der Waals surface area contributed by atoms with Gasteiger partial charge in [0.1, 0.15) is 0 Å². The summed E-state index contributed by atoms with van der Waals surface area (Å²) in [7, 11) is 0. The fourth-order valence-electron chi connectivity index (χ4n) is 1.84. The molecule has 2 nitrogen and oxygen atoms in total. The van der Waals surface area contributed by atoms with E-state index in [4.69, 9.17) is 5.73 Å². The summed E-state index contributed by atoms with van der Waals surface area (Å²) in [5, 5.41) is 7.75. The van der Waals surface area contributed by atoms with Crippen molar-refractivity contribution in [1.29, 1.82) is 0 Å². The molecule has 3 heteroatoms. The van der Waals surface area contributed by atoms with Crippen molar-refractivity contribution in [1.82, 2.24) is 5.32 Å². The van der Waals surface area contributed by atoms with Crippen molar-refractivity contribution in [3.8, 4) is 0 Å². The smallest absolute Gasteiger partial charge is 0.0213 e. The third kappa shape index (κ3) is 2.56. The van der Waals surface area contributed by atoms with E-state index < -0.39 is 0 Å². The van der Waals surface area contributed by atoms with E-state index >= 15 is 0 Å². The number of hydrogen-bond acceptors (Lipinski definition) is 3. The van der Waals surface area contributed by atoms with Gasteiger partial charge in [-0.15, -0.1) is 0 Å². The number of hydrogen-bond donors (Lipinski definition) is 2. The Morgan fingerprint density at radius 2 is 2.36 bits per heavy atom. The van der Waals surface area contributed by atoms with E-state index in [0.29, 0.717) is 0 Å². The summed E-state index contributed by atoms with van der Waals surface area (Å²) in [5.74, 6) is 0. The van der Waals surface area contributed by atoms with Crippen LogP contribution < -0.4 is 11.1 Å². The highest BCUT2D eigenvalue weighted by Crippen LogP contribution is 2.31. The first-order valence-corrected chi connectivity index (χ1v) is 6.23. The van der Waals surface area contributed by atoms with E-state index in [1.165, 1.54) is 24.8 Å². The van der Waals surface area contributed by atoms with Crippen LogP contribution in [0.1, 0.15) is 31.2 Å². The third-order valence-electron chi connectivity index (χ3n) is 3.06. The first-order valence-electron chi connectivity index (χ1n) is 5.29. The molecule has 1 aromatic heterocycles. The van der Waals surface area contributed by atoms with E-state index in [2.05, 4.69) is 22.1 Å². The zero-order chi connectivity index (χ0) is 9.86. The summed E-state index contributed by atoms with van der Waals surface area (Å²) < 4.78 is 0. The predicted molar refractivity (Wildman–Crippen MR) is 61.4 cm³/mol. The van der Waals surface area contributed by atoms with Crippen LogP contribution in [0.5, 0.6) is 0 Å². The van der Waals surface area contributed by atoms with E-state index in [1.807, 2.05) is 0 Å². The fourth-order valence-corrected chi connectivity index (χ4v) is 2.51. The topological polar surface area (TPSA) is 38.0 Å². The Morgan fingerprint density at radius 1 is 1.50 bits per heavy atom. The summed E-state index contributed by atoms with van der Waals surface area (Å²) in [5.41, 5.74) is 7.68. The standard InChI is InChI=1S/C11H18N2S/c12-11(3-1-4-11)5-6-13-8-10-2-7-14-9-10/h2,7,9,13H,1,3-6,8,12H2. The second-order valence-electron chi connectivity index (χ2n) is 4.27. The lowest BCUT2D eigenvalue weighted by atomic mass is 9.75. The van der Waals surface area contributed by atoms with Crippen LogP contribution in [0, 0.1) is 0 Å². The van der Waals surface area contributed by atoms with Crippen molar-refractivity contribution >= 4 is 11.3 Å². The Morgan fingerprint density at radius 3 is 2.93 bits per heavy atom. The Labute approximate surface area is 89.5 Å². The Hall–Kier alpha value is -0.380. The van der Waals surface area contributed by atoms with Crippen LogP contribution in [0.2, 0.25) is 0 Å². The van der Waals surface area contributed by atoms with Gasteiger partial charge in [-0.05, 0) is 54.6 Å². The van der Waals surface area contributed by atoms with E-state index in [-0.39, 0.29) is 5.54 Å². The van der Waals surface area contributed by atoms with Gasteiger partial charge in [-0.2, -0.15) is 11.3 Å². The van der Waals surface area contributed by atoms with Crippen molar-refractivity contribution in [3.63, 3.8) is 0 Å². The molecule has 2 rings (SSSR count). The molecule has 0 unspecified atom stereocenters. The molecule has 1 fully saturated rings. The molecule has 0 bridgehead atoms. The summed E-state index contributed by atoms with van der Waals surface area (Å²) in [4.78, 5) is 0. The molecular formula is C11H18N2S. The molecule has 0 aromatic carbocycles. The molecule has 3 N–H and O–H groups in total. The highest BCUT2D eigenvalue weighted by molar-refractivity contribution is 7.07. The molecule has 0 spiro atoms. The van der Waals surface area contributed by atoms with E-state index in [9.17, 15) is 0 Å². The molecule has 78 valence electrons. The first-order chi connectivity index (χ1) is 6.79. The molecule has 14 heavy (non-hydrogen) atoms. The minimum absolute atomic E-state index is 0.168. The first kappa shape index (κ1) is 10.1. The van der Waals surface area contributed by atoms with Gasteiger partial charge in [0.15, 0.2) is 0 Å². The van der Waals surface area contributed by atoms with Gasteiger partial charge in [0, 0.05) is 12.1 Å². The van der Waals surface area contributed by atoms with Crippen LogP contribution in [0.25, 0.3) is 0 Å². The zero-order valence-corrected chi connectivity index (χ0v) is 9.28. The minimum atomic E-state index is 0.168. The molecule has 0 aliphatic heterocycles. The molecule has 0 amide bonds. The van der Waals surface area contributed by atoms with Crippen LogP contribution in [-0.2, 0) is 6.54 Å². The molecule has 1 aliphatic carbocycles. The van der Waals surface area contributed by atoms with Crippen molar-refractivity contribution < 1.29 is 0 Å². The fraction of sp³-hybridized carbons (Fsp3) is 0.636. The largest absolute Gasteiger partial charge is 0.325 e. The van der Waals surface area contributed by atoms with Crippen LogP contribution in [0.4, 0.5) is 0 Å². The maximum atomic E-state index is 6.12. The van der Waals surface area contributed by atoms with Gasteiger partial charge < -0.3 is 11.1 Å². The maximum absolute atomic E-state index is 6.12. The van der Waals surface area contributed by atoms with Crippen molar-refractivity contribution in [2.45, 2.75) is 37.8 Å². The molecule has 1 saturated carbocycles. The molecule has 0 atom stereocenters. The lowest BCUT2D eigenvalue weighted by Gasteiger charge is -2.38. The lowest BCUT2D eigenvalue weighted by Crippen LogP contribution is -2.48. The van der Waals surface area contributed by atoms with Crippen LogP contribution in [0.3, 0.4) is 0 Å². The van der Waals surface area contributed by atoms with Crippen molar-refractivity contribution in [2.75, 3.05) is 6.54 Å². The van der Waals surface area contributed by atoms with Crippen LogP contribution in [0.15, 0.2) is 16.8 Å². The second-order valence-corrected chi connectivity index (χ2v) is 5.05. The summed E-state index contributed by atoms with van der Waals surface area (Å²) in [6.07, 6.45) is 4.87. The normalized spacial score (nSPS) is 19.2. The van der Waals surface area contributed by atoms with Gasteiger partial charge in [-0.3, -0.25) is 0 Å². The minimum Gasteiger partial charge on any atom is -0.325 e. The van der Waals surface area contributed by atoms with Gasteiger partial charge >= 0.3 is 0 Å². The van der Waals surface area contributed by atoms with Gasteiger partial charge in [0.25, 0.3) is 0 Å². The van der Waals surface area contributed by atoms with Gasteiger partial charge in [-0.25, -0.2) is 0 Å². The van der Waals surface area contributed by atoms with Gasteiger partial charge in [0.05, 0.1) is 0 Å². The number of nitrogens with two attached hydrogens (primary N) is 1. The number of thiophene rings is 1. The molecule has 1 heterocycles. The monoisotopic (exact) mass is 210 g/mol. The summed E-state index contributed by atoms with van der Waals surface area (Å²) >= 11 is 1.75. The highest BCUT2D eigenvalue weighted by atomic mass is 32.1. The Bertz CT molecular complexity index is 265. The van der Waals surface area contributed by atoms with Crippen molar-refractivity contribution in [2.24, 2.45) is 5.73 Å². The average molecular weight is 210 g/mol. The van der Waals surface area contributed by atoms with E-state index in [1.54, 1.807) is 11.3 Å². The number of rotatable bonds is 5. The SMILES string of the molecule is NC1(CCNCc2ccsc2)CCC1. The molecule has 1 aromatic rings. The van der Waals surface area contributed by atoms with Gasteiger partial charge in [0.2, 0.25) is 0 Å². The molecule has 0 radical (unpaired) electrons. The average Bonchev–Trinajstić information content (AvgIpc) is 2.62. The second kappa shape index (κ2) is 4.43. The maximum Gasteiger partial charge on any atom is 0.0213 e. The van der Waals surface area contributed by atoms with E-state index in [0.717, 1.165) is 19.5 Å². The highest BCUT2D eigenvalue weighted by Gasteiger charge is 2.31. The number of nitrogens with one attached hydrogen (secondary N) is 1. The Kier molecular flexibility index (Phi) is 3.21. The molecule has 1 aliphatic rings.